The number of halogens is 1. The first kappa shape index (κ1) is 22.3. The molecule has 0 spiro atoms. The monoisotopic (exact) mass is 522 g/mol. The average molecular weight is 524 g/mol. The number of aryl methyl sites for hydroxylation is 3. The first-order valence-electron chi connectivity index (χ1n) is 11.2. The van der Waals surface area contributed by atoms with Crippen molar-refractivity contribution in [2.24, 2.45) is 0 Å². The molecule has 0 radical (unpaired) electrons. The minimum atomic E-state index is -0.510. The zero-order chi connectivity index (χ0) is 23.5. The molecule has 1 atom stereocenters. The Morgan fingerprint density at radius 1 is 1.15 bits per heavy atom. The quantitative estimate of drug-likeness (QED) is 0.320. The Labute approximate surface area is 206 Å². The molecule has 1 unspecified atom stereocenters. The molecular weight excluding hydrogens is 496 g/mol. The molecule has 0 aliphatic carbocycles. The van der Waals surface area contributed by atoms with Crippen LogP contribution in [0.5, 0.6) is 0 Å². The fourth-order valence-corrected chi connectivity index (χ4v) is 6.40. The van der Waals surface area contributed by atoms with Crippen LogP contribution in [0.1, 0.15) is 57.8 Å². The lowest BCUT2D eigenvalue weighted by molar-refractivity contribution is 0.0601. The number of carbonyl (C=O) groups is 1. The second-order valence-electron chi connectivity index (χ2n) is 9.15. The maximum atomic E-state index is 14.0. The molecule has 0 saturated carbocycles. The van der Waals surface area contributed by atoms with Crippen LogP contribution in [-0.2, 0) is 5.54 Å². The first-order valence-corrected chi connectivity index (χ1v) is 12.8. The summed E-state index contributed by atoms with van der Waals surface area (Å²) in [6.45, 7) is 11.1. The van der Waals surface area contributed by atoms with Crippen molar-refractivity contribution in [3.63, 3.8) is 0 Å². The van der Waals surface area contributed by atoms with E-state index in [0.717, 1.165) is 60.7 Å². The Morgan fingerprint density at radius 2 is 1.91 bits per heavy atom. The first-order chi connectivity index (χ1) is 15.7. The smallest absolute Gasteiger partial charge is 0.274 e. The summed E-state index contributed by atoms with van der Waals surface area (Å²) in [5.74, 6) is 0.820. The highest BCUT2D eigenvalue weighted by Gasteiger charge is 2.45. The zero-order valence-electron chi connectivity index (χ0n) is 19.5. The zero-order valence-corrected chi connectivity index (χ0v) is 21.9. The number of benzene rings is 2. The number of aromatic amines is 1. The van der Waals surface area contributed by atoms with Crippen LogP contribution >= 0.6 is 27.3 Å². The maximum Gasteiger partial charge on any atom is 0.274 e. The summed E-state index contributed by atoms with van der Waals surface area (Å²) in [4.78, 5) is 30.1. The predicted molar refractivity (Wildman–Crippen MR) is 138 cm³/mol. The summed E-state index contributed by atoms with van der Waals surface area (Å²) in [5, 5.41) is 0.900. The van der Waals surface area contributed by atoms with E-state index in [1.807, 2.05) is 24.0 Å². The van der Waals surface area contributed by atoms with E-state index >= 15 is 0 Å². The van der Waals surface area contributed by atoms with Crippen LogP contribution in [0.25, 0.3) is 21.5 Å². The lowest BCUT2D eigenvalue weighted by atomic mass is 9.97. The number of H-pyrrole nitrogens is 1. The van der Waals surface area contributed by atoms with E-state index in [1.165, 1.54) is 5.56 Å². The molecule has 33 heavy (non-hydrogen) atoms. The summed E-state index contributed by atoms with van der Waals surface area (Å²) in [7, 11) is 0. The van der Waals surface area contributed by atoms with Crippen molar-refractivity contribution in [3.05, 3.63) is 68.0 Å². The predicted octanol–water partition coefficient (Wildman–Crippen LogP) is 6.83. The largest absolute Gasteiger partial charge is 0.340 e. The van der Waals surface area contributed by atoms with Gasteiger partial charge in [-0.15, -0.1) is 11.3 Å². The molecule has 1 N–H and O–H groups in total. The van der Waals surface area contributed by atoms with Crippen molar-refractivity contribution in [2.45, 2.75) is 53.0 Å². The average Bonchev–Trinajstić information content (AvgIpc) is 3.49. The number of hydrogen-bond donors (Lipinski definition) is 1. The third-order valence-electron chi connectivity index (χ3n) is 7.00. The Hall–Kier alpha value is -2.51. The number of nitrogens with one attached hydrogen (secondary N) is 1. The van der Waals surface area contributed by atoms with Gasteiger partial charge in [0, 0.05) is 11.0 Å². The summed E-state index contributed by atoms with van der Waals surface area (Å²) in [6, 6.07) is 10.3. The van der Waals surface area contributed by atoms with Crippen LogP contribution in [0.4, 0.5) is 0 Å². The minimum absolute atomic E-state index is 0.0212. The van der Waals surface area contributed by atoms with Crippen LogP contribution in [0.15, 0.2) is 34.8 Å². The Kier molecular flexibility index (Phi) is 5.45. The molecule has 7 heteroatoms. The summed E-state index contributed by atoms with van der Waals surface area (Å²) in [6.07, 6.45) is 1.80. The SMILES string of the molecule is Cc1nc(C(=O)N2CCCC2(C)c2nc3c(C)c(C)c(Br)cc3[nH]2)c(-c2ccccc2C)s1. The normalized spacial score (nSPS) is 18.4. The van der Waals surface area contributed by atoms with Gasteiger partial charge < -0.3 is 9.88 Å². The van der Waals surface area contributed by atoms with E-state index in [4.69, 9.17) is 9.97 Å². The number of nitrogens with zero attached hydrogens (tertiary/aromatic N) is 3. The molecule has 1 fully saturated rings. The maximum absolute atomic E-state index is 14.0. The molecule has 1 aliphatic rings. The fourth-order valence-electron chi connectivity index (χ4n) is 4.87. The van der Waals surface area contributed by atoms with Crippen LogP contribution in [0, 0.1) is 27.7 Å². The van der Waals surface area contributed by atoms with E-state index in [9.17, 15) is 4.79 Å². The van der Waals surface area contributed by atoms with Crippen molar-refractivity contribution in [1.29, 1.82) is 0 Å². The van der Waals surface area contributed by atoms with Gasteiger partial charge in [0.25, 0.3) is 5.91 Å². The summed E-state index contributed by atoms with van der Waals surface area (Å²) >= 11 is 5.24. The molecule has 170 valence electrons. The highest BCUT2D eigenvalue weighted by Crippen LogP contribution is 2.41. The number of hydrogen-bond acceptors (Lipinski definition) is 4. The third kappa shape index (κ3) is 3.53. The standard InChI is InChI=1S/C26H27BrN4OS/c1-14-9-6-7-10-18(14)23-22(28-17(4)33-23)24(32)31-12-8-11-26(31,5)25-29-20-13-19(27)15(2)16(3)21(20)30-25/h6-7,9-10,13H,8,11-12H2,1-5H3,(H,29,30). The molecule has 0 bridgehead atoms. The lowest BCUT2D eigenvalue weighted by Gasteiger charge is -2.33. The van der Waals surface area contributed by atoms with Crippen LogP contribution in [0.2, 0.25) is 0 Å². The van der Waals surface area contributed by atoms with E-state index in [0.29, 0.717) is 12.2 Å². The lowest BCUT2D eigenvalue weighted by Crippen LogP contribution is -2.44. The van der Waals surface area contributed by atoms with Crippen molar-refractivity contribution >= 4 is 44.2 Å². The van der Waals surface area contributed by atoms with Gasteiger partial charge in [-0.05, 0) is 75.8 Å². The van der Waals surface area contributed by atoms with Gasteiger partial charge in [0.05, 0.1) is 26.5 Å². The van der Waals surface area contributed by atoms with Crippen LogP contribution in [-0.4, -0.2) is 32.3 Å². The van der Waals surface area contributed by atoms with Gasteiger partial charge in [0.1, 0.15) is 11.5 Å². The molecular formula is C26H27BrN4OS. The van der Waals surface area contributed by atoms with Gasteiger partial charge >= 0.3 is 0 Å². The van der Waals surface area contributed by atoms with E-state index in [2.05, 4.69) is 66.8 Å². The Balaban J connectivity index is 1.59. The van der Waals surface area contributed by atoms with Crippen molar-refractivity contribution < 1.29 is 4.79 Å². The summed E-state index contributed by atoms with van der Waals surface area (Å²) in [5.41, 5.74) is 6.56. The molecule has 5 rings (SSSR count). The number of carbonyl (C=O) groups excluding carboxylic acids is 1. The minimum Gasteiger partial charge on any atom is -0.340 e. The molecule has 2 aromatic carbocycles. The molecule has 3 heterocycles. The van der Waals surface area contributed by atoms with E-state index in [1.54, 1.807) is 11.3 Å². The van der Waals surface area contributed by atoms with Crippen molar-refractivity contribution in [1.82, 2.24) is 19.9 Å². The van der Waals surface area contributed by atoms with E-state index in [-0.39, 0.29) is 5.91 Å². The number of thiazole rings is 1. The van der Waals surface area contributed by atoms with Crippen molar-refractivity contribution in [3.8, 4) is 10.4 Å². The van der Waals surface area contributed by atoms with Gasteiger partial charge in [-0.2, -0.15) is 0 Å². The van der Waals surface area contributed by atoms with Gasteiger partial charge in [-0.25, -0.2) is 9.97 Å². The second kappa shape index (κ2) is 8.06. The van der Waals surface area contributed by atoms with Crippen LogP contribution in [0.3, 0.4) is 0 Å². The third-order valence-corrected chi connectivity index (χ3v) is 8.83. The number of rotatable bonds is 3. The van der Waals surface area contributed by atoms with Gasteiger partial charge in [0.2, 0.25) is 0 Å². The molecule has 1 saturated heterocycles. The van der Waals surface area contributed by atoms with E-state index < -0.39 is 5.54 Å². The second-order valence-corrected chi connectivity index (χ2v) is 11.2. The number of likely N-dealkylation sites (tertiary alicyclic amines) is 1. The molecule has 1 amide bonds. The van der Waals surface area contributed by atoms with Gasteiger partial charge in [0.15, 0.2) is 0 Å². The molecule has 5 nitrogen and oxygen atoms in total. The van der Waals surface area contributed by atoms with Crippen LogP contribution < -0.4 is 0 Å². The summed E-state index contributed by atoms with van der Waals surface area (Å²) < 4.78 is 1.06. The Bertz CT molecular complexity index is 1410. The highest BCUT2D eigenvalue weighted by atomic mass is 79.9. The molecule has 2 aromatic heterocycles. The number of imidazole rings is 1. The fraction of sp³-hybridized carbons (Fsp3) is 0.346. The van der Waals surface area contributed by atoms with Gasteiger partial charge in [-0.1, -0.05) is 40.2 Å². The number of aromatic nitrogens is 3. The molecule has 1 aliphatic heterocycles. The highest BCUT2D eigenvalue weighted by molar-refractivity contribution is 9.10. The van der Waals surface area contributed by atoms with Crippen molar-refractivity contribution in [2.75, 3.05) is 6.54 Å². The number of fused-ring (bicyclic) bond motifs is 1. The number of amides is 1. The molecule has 4 aromatic rings. The topological polar surface area (TPSA) is 61.9 Å². The van der Waals surface area contributed by atoms with Gasteiger partial charge in [-0.3, -0.25) is 4.79 Å². The Morgan fingerprint density at radius 3 is 2.67 bits per heavy atom.